The van der Waals surface area contributed by atoms with E-state index >= 15 is 0 Å². The summed E-state index contributed by atoms with van der Waals surface area (Å²) in [6.07, 6.45) is 3.00. The maximum atomic E-state index is 11.7. The lowest BCUT2D eigenvalue weighted by atomic mass is 9.98. The van der Waals surface area contributed by atoms with Crippen molar-refractivity contribution in [3.63, 3.8) is 0 Å². The molecule has 3 N–H and O–H groups in total. The van der Waals surface area contributed by atoms with E-state index in [0.717, 1.165) is 5.56 Å². The fraction of sp³-hybridized carbons (Fsp3) is 0.182. The highest BCUT2D eigenvalue weighted by atomic mass is 16.2. The lowest BCUT2D eigenvalue weighted by Crippen LogP contribution is -2.36. The lowest BCUT2D eigenvalue weighted by Gasteiger charge is -2.15. The van der Waals surface area contributed by atoms with Crippen LogP contribution in [0.4, 0.5) is 0 Å². The molecule has 0 radical (unpaired) electrons. The van der Waals surface area contributed by atoms with Crippen LogP contribution in [0.1, 0.15) is 11.5 Å². The summed E-state index contributed by atoms with van der Waals surface area (Å²) in [6, 6.07) is 9.44. The molecule has 0 aliphatic rings. The second kappa shape index (κ2) is 5.22. The summed E-state index contributed by atoms with van der Waals surface area (Å²) in [5, 5.41) is 3.98. The van der Waals surface area contributed by atoms with Crippen LogP contribution in [0.3, 0.4) is 0 Å². The van der Waals surface area contributed by atoms with Crippen LogP contribution in [-0.4, -0.2) is 20.7 Å². The van der Waals surface area contributed by atoms with E-state index in [2.05, 4.69) is 15.5 Å². The zero-order valence-corrected chi connectivity index (χ0v) is 9.15. The van der Waals surface area contributed by atoms with E-state index in [9.17, 15) is 4.79 Å². The highest BCUT2D eigenvalue weighted by molar-refractivity contribution is 5.82. The molecule has 0 aliphatic carbocycles. The molecule has 2 rings (SSSR count). The normalized spacial score (nSPS) is 12.1. The first-order valence-corrected chi connectivity index (χ1v) is 5.19. The molecule has 0 bridgehead atoms. The zero-order valence-electron chi connectivity index (χ0n) is 9.15. The average Bonchev–Trinajstić information content (AvgIpc) is 2.89. The van der Waals surface area contributed by atoms with Gasteiger partial charge in [-0.2, -0.15) is 5.10 Å². The summed E-state index contributed by atoms with van der Waals surface area (Å²) in [7, 11) is 0. The van der Waals surface area contributed by atoms with Crippen molar-refractivity contribution in [2.24, 2.45) is 5.84 Å². The van der Waals surface area contributed by atoms with Gasteiger partial charge in [-0.3, -0.25) is 14.9 Å². The molecule has 2 aromatic rings. The number of aromatic nitrogens is 3. The Morgan fingerprint density at radius 3 is 2.76 bits per heavy atom. The standard InChI is InChI=1S/C11H13N5O/c12-15-11(17)10(6-16-8-13-7-14-16)9-4-2-1-3-5-9/h1-5,7-8,10H,6,12H2,(H,15,17). The number of hydrazine groups is 1. The van der Waals surface area contributed by atoms with Gasteiger partial charge in [0.1, 0.15) is 12.7 Å². The van der Waals surface area contributed by atoms with E-state index in [-0.39, 0.29) is 11.8 Å². The number of rotatable bonds is 4. The van der Waals surface area contributed by atoms with Crippen molar-refractivity contribution in [3.8, 4) is 0 Å². The van der Waals surface area contributed by atoms with Gasteiger partial charge < -0.3 is 0 Å². The van der Waals surface area contributed by atoms with Crippen LogP contribution in [-0.2, 0) is 11.3 Å². The number of carbonyl (C=O) groups is 1. The number of nitrogens with zero attached hydrogens (tertiary/aromatic N) is 3. The minimum Gasteiger partial charge on any atom is -0.294 e. The predicted octanol–water partition coefficient (Wildman–Crippen LogP) is 0.0518. The van der Waals surface area contributed by atoms with Crippen molar-refractivity contribution in [3.05, 3.63) is 48.5 Å². The molecule has 0 saturated heterocycles. The van der Waals surface area contributed by atoms with Crippen molar-refractivity contribution in [2.75, 3.05) is 0 Å². The highest BCUT2D eigenvalue weighted by Crippen LogP contribution is 2.17. The van der Waals surface area contributed by atoms with Crippen molar-refractivity contribution < 1.29 is 4.79 Å². The van der Waals surface area contributed by atoms with E-state index in [1.165, 1.54) is 6.33 Å². The summed E-state index contributed by atoms with van der Waals surface area (Å²) in [5.74, 6) is 4.58. The molecule has 1 aromatic carbocycles. The number of amides is 1. The first-order valence-electron chi connectivity index (χ1n) is 5.19. The van der Waals surface area contributed by atoms with Crippen LogP contribution < -0.4 is 11.3 Å². The number of hydrogen-bond acceptors (Lipinski definition) is 4. The second-order valence-electron chi connectivity index (χ2n) is 3.59. The van der Waals surface area contributed by atoms with Gasteiger partial charge in [0.15, 0.2) is 0 Å². The fourth-order valence-corrected chi connectivity index (χ4v) is 1.64. The molecule has 88 valence electrons. The molecule has 1 atom stereocenters. The van der Waals surface area contributed by atoms with Crippen LogP contribution in [0, 0.1) is 0 Å². The van der Waals surface area contributed by atoms with E-state index in [1.54, 1.807) is 11.0 Å². The summed E-state index contributed by atoms with van der Waals surface area (Å²) in [6.45, 7) is 0.410. The van der Waals surface area contributed by atoms with Crippen LogP contribution in [0.5, 0.6) is 0 Å². The first-order chi connectivity index (χ1) is 8.31. The number of hydrogen-bond donors (Lipinski definition) is 2. The number of carbonyl (C=O) groups excluding carboxylic acids is 1. The van der Waals surface area contributed by atoms with Crippen LogP contribution in [0.15, 0.2) is 43.0 Å². The largest absolute Gasteiger partial charge is 0.294 e. The third-order valence-electron chi connectivity index (χ3n) is 2.50. The summed E-state index contributed by atoms with van der Waals surface area (Å²) >= 11 is 0. The third kappa shape index (κ3) is 2.67. The van der Waals surface area contributed by atoms with Gasteiger partial charge in [0.2, 0.25) is 5.91 Å². The molecule has 1 amide bonds. The SMILES string of the molecule is NNC(=O)C(Cn1cncn1)c1ccccc1. The Morgan fingerprint density at radius 2 is 2.18 bits per heavy atom. The minimum atomic E-state index is -0.372. The summed E-state index contributed by atoms with van der Waals surface area (Å²) in [4.78, 5) is 15.6. The number of benzene rings is 1. The smallest absolute Gasteiger partial charge is 0.243 e. The lowest BCUT2D eigenvalue weighted by molar-refractivity contribution is -0.123. The summed E-state index contributed by atoms with van der Waals surface area (Å²) < 4.78 is 1.60. The zero-order chi connectivity index (χ0) is 12.1. The monoisotopic (exact) mass is 231 g/mol. The third-order valence-corrected chi connectivity index (χ3v) is 2.50. The Balaban J connectivity index is 2.23. The van der Waals surface area contributed by atoms with Crippen LogP contribution >= 0.6 is 0 Å². The molecule has 0 fully saturated rings. The van der Waals surface area contributed by atoms with Crippen molar-refractivity contribution >= 4 is 5.91 Å². The quantitative estimate of drug-likeness (QED) is 0.442. The molecule has 0 saturated carbocycles. The predicted molar refractivity (Wildman–Crippen MR) is 61.5 cm³/mol. The number of nitrogens with two attached hydrogens (primary N) is 1. The van der Waals surface area contributed by atoms with Gasteiger partial charge in [-0.05, 0) is 5.56 Å². The fourth-order valence-electron chi connectivity index (χ4n) is 1.64. The summed E-state index contributed by atoms with van der Waals surface area (Å²) in [5.41, 5.74) is 3.07. The highest BCUT2D eigenvalue weighted by Gasteiger charge is 2.20. The van der Waals surface area contributed by atoms with Gasteiger partial charge in [-0.1, -0.05) is 30.3 Å². The maximum absolute atomic E-state index is 11.7. The Labute approximate surface area is 98.4 Å². The van der Waals surface area contributed by atoms with Gasteiger partial charge in [-0.15, -0.1) is 0 Å². The Hall–Kier alpha value is -2.21. The van der Waals surface area contributed by atoms with Gasteiger partial charge in [0.05, 0.1) is 12.5 Å². The number of nitrogens with one attached hydrogen (secondary N) is 1. The van der Waals surface area contributed by atoms with Crippen LogP contribution in [0.25, 0.3) is 0 Å². The molecule has 6 nitrogen and oxygen atoms in total. The molecular formula is C11H13N5O. The van der Waals surface area contributed by atoms with E-state index < -0.39 is 0 Å². The van der Waals surface area contributed by atoms with Crippen molar-refractivity contribution in [1.82, 2.24) is 20.2 Å². The Kier molecular flexibility index (Phi) is 3.46. The molecular weight excluding hydrogens is 218 g/mol. The van der Waals surface area contributed by atoms with Crippen LogP contribution in [0.2, 0.25) is 0 Å². The molecule has 0 spiro atoms. The van der Waals surface area contributed by atoms with E-state index in [0.29, 0.717) is 6.54 Å². The van der Waals surface area contributed by atoms with Gasteiger partial charge in [0, 0.05) is 0 Å². The molecule has 1 heterocycles. The van der Waals surface area contributed by atoms with Crippen molar-refractivity contribution in [1.29, 1.82) is 0 Å². The maximum Gasteiger partial charge on any atom is 0.243 e. The molecule has 0 aliphatic heterocycles. The average molecular weight is 231 g/mol. The second-order valence-corrected chi connectivity index (χ2v) is 3.59. The minimum absolute atomic E-state index is 0.244. The molecule has 1 aromatic heterocycles. The molecule has 17 heavy (non-hydrogen) atoms. The topological polar surface area (TPSA) is 85.8 Å². The van der Waals surface area contributed by atoms with E-state index in [4.69, 9.17) is 5.84 Å². The Morgan fingerprint density at radius 1 is 1.41 bits per heavy atom. The van der Waals surface area contributed by atoms with Gasteiger partial charge in [0.25, 0.3) is 0 Å². The van der Waals surface area contributed by atoms with Gasteiger partial charge >= 0.3 is 0 Å². The van der Waals surface area contributed by atoms with E-state index in [1.807, 2.05) is 30.3 Å². The first kappa shape index (κ1) is 11.3. The molecule has 6 heteroatoms. The Bertz CT molecular complexity index is 468. The molecule has 1 unspecified atom stereocenters. The van der Waals surface area contributed by atoms with Gasteiger partial charge in [-0.25, -0.2) is 10.8 Å². The van der Waals surface area contributed by atoms with Crippen molar-refractivity contribution in [2.45, 2.75) is 12.5 Å².